The minimum absolute atomic E-state index is 0.313. The van der Waals surface area contributed by atoms with Crippen LogP contribution in [0.1, 0.15) is 47.5 Å². The van der Waals surface area contributed by atoms with Crippen LogP contribution < -0.4 is 5.32 Å². The second-order valence-electron chi connectivity index (χ2n) is 6.84. The molecular formula is C16H34N2O. The second-order valence-corrected chi connectivity index (χ2v) is 6.84. The van der Waals surface area contributed by atoms with Crippen molar-refractivity contribution in [2.24, 2.45) is 11.3 Å². The van der Waals surface area contributed by atoms with Gasteiger partial charge < -0.3 is 15.0 Å². The molecule has 0 amide bonds. The molecule has 1 fully saturated rings. The lowest BCUT2D eigenvalue weighted by atomic mass is 9.81. The summed E-state index contributed by atoms with van der Waals surface area (Å²) in [5, 5.41) is 3.66. The lowest BCUT2D eigenvalue weighted by molar-refractivity contribution is -0.0301. The molecule has 1 atom stereocenters. The van der Waals surface area contributed by atoms with Crippen LogP contribution in [-0.2, 0) is 4.74 Å². The molecule has 1 aliphatic heterocycles. The van der Waals surface area contributed by atoms with E-state index in [2.05, 4.69) is 44.8 Å². The van der Waals surface area contributed by atoms with E-state index in [1.54, 1.807) is 0 Å². The minimum Gasteiger partial charge on any atom is -0.381 e. The summed E-state index contributed by atoms with van der Waals surface area (Å²) >= 11 is 0. The largest absolute Gasteiger partial charge is 0.381 e. The average Bonchev–Trinajstić information content (AvgIpc) is 2.36. The van der Waals surface area contributed by atoms with Gasteiger partial charge in [0.15, 0.2) is 0 Å². The van der Waals surface area contributed by atoms with Crippen LogP contribution >= 0.6 is 0 Å². The number of hydrogen-bond donors (Lipinski definition) is 1. The molecule has 0 radical (unpaired) electrons. The van der Waals surface area contributed by atoms with E-state index in [0.29, 0.717) is 17.4 Å². The molecule has 0 aromatic rings. The summed E-state index contributed by atoms with van der Waals surface area (Å²) in [6, 6.07) is 0.619. The highest BCUT2D eigenvalue weighted by Crippen LogP contribution is 2.29. The van der Waals surface area contributed by atoms with Gasteiger partial charge in [0.1, 0.15) is 0 Å². The molecule has 0 spiro atoms. The molecule has 1 N–H and O–H groups in total. The number of nitrogens with one attached hydrogen (secondary N) is 1. The molecule has 1 heterocycles. The topological polar surface area (TPSA) is 24.5 Å². The zero-order valence-corrected chi connectivity index (χ0v) is 13.7. The van der Waals surface area contributed by atoms with Gasteiger partial charge >= 0.3 is 0 Å². The van der Waals surface area contributed by atoms with E-state index in [1.807, 2.05) is 0 Å². The summed E-state index contributed by atoms with van der Waals surface area (Å²) in [5.74, 6) is 0.717. The van der Waals surface area contributed by atoms with E-state index in [9.17, 15) is 0 Å². The Bertz CT molecular complexity index is 235. The Kier molecular flexibility index (Phi) is 7.33. The Labute approximate surface area is 120 Å². The molecule has 3 heteroatoms. The maximum atomic E-state index is 5.80. The van der Waals surface area contributed by atoms with Crippen LogP contribution in [-0.4, -0.2) is 50.3 Å². The molecule has 3 nitrogen and oxygen atoms in total. The lowest BCUT2D eigenvalue weighted by Gasteiger charge is -2.42. The maximum Gasteiger partial charge on any atom is 0.0546 e. The molecule has 114 valence electrons. The molecule has 1 saturated heterocycles. The van der Waals surface area contributed by atoms with Gasteiger partial charge in [-0.3, -0.25) is 0 Å². The summed E-state index contributed by atoms with van der Waals surface area (Å²) in [5.41, 5.74) is 0.313. The molecule has 0 aromatic carbocycles. The van der Waals surface area contributed by atoms with Crippen LogP contribution in [0, 0.1) is 11.3 Å². The standard InChI is InChI=1S/C16H34N2O/c1-6-18(15(4)5)12-16(8-7-9-19-13-16)11-17-10-14(2)3/h14-15,17H,6-13H2,1-5H3. The number of nitrogens with zero attached hydrogens (tertiary/aromatic N) is 1. The lowest BCUT2D eigenvalue weighted by Crippen LogP contribution is -2.50. The summed E-state index contributed by atoms with van der Waals surface area (Å²) in [6.07, 6.45) is 2.50. The monoisotopic (exact) mass is 270 g/mol. The fourth-order valence-electron chi connectivity index (χ4n) is 2.95. The summed E-state index contributed by atoms with van der Waals surface area (Å²) in [4.78, 5) is 2.58. The van der Waals surface area contributed by atoms with Gasteiger partial charge in [0.2, 0.25) is 0 Å². The first-order valence-electron chi connectivity index (χ1n) is 8.01. The van der Waals surface area contributed by atoms with Crippen molar-refractivity contribution in [1.29, 1.82) is 0 Å². The highest BCUT2D eigenvalue weighted by atomic mass is 16.5. The summed E-state index contributed by atoms with van der Waals surface area (Å²) in [6.45, 7) is 17.7. The van der Waals surface area contributed by atoms with E-state index < -0.39 is 0 Å². The third-order valence-electron chi connectivity index (χ3n) is 4.13. The van der Waals surface area contributed by atoms with E-state index in [-0.39, 0.29) is 0 Å². The molecule has 1 rings (SSSR count). The van der Waals surface area contributed by atoms with Crippen LogP contribution in [0.5, 0.6) is 0 Å². The van der Waals surface area contributed by atoms with Crippen molar-refractivity contribution in [3.63, 3.8) is 0 Å². The molecule has 1 aliphatic rings. The first kappa shape index (κ1) is 16.9. The summed E-state index contributed by atoms with van der Waals surface area (Å²) in [7, 11) is 0. The van der Waals surface area contributed by atoms with Crippen molar-refractivity contribution in [2.75, 3.05) is 39.4 Å². The highest BCUT2D eigenvalue weighted by Gasteiger charge is 2.34. The van der Waals surface area contributed by atoms with Gasteiger partial charge in [-0.2, -0.15) is 0 Å². The Hall–Kier alpha value is -0.120. The Morgan fingerprint density at radius 2 is 2.00 bits per heavy atom. The molecule has 0 saturated carbocycles. The predicted octanol–water partition coefficient (Wildman–Crippen LogP) is 2.76. The van der Waals surface area contributed by atoms with Crippen molar-refractivity contribution >= 4 is 0 Å². The van der Waals surface area contributed by atoms with Crippen molar-refractivity contribution in [3.8, 4) is 0 Å². The van der Waals surface area contributed by atoms with Crippen LogP contribution in [0.3, 0.4) is 0 Å². The van der Waals surface area contributed by atoms with E-state index in [0.717, 1.165) is 39.4 Å². The van der Waals surface area contributed by atoms with E-state index in [4.69, 9.17) is 4.74 Å². The van der Waals surface area contributed by atoms with Gasteiger partial charge in [-0.25, -0.2) is 0 Å². The van der Waals surface area contributed by atoms with Crippen molar-refractivity contribution in [3.05, 3.63) is 0 Å². The first-order chi connectivity index (χ1) is 8.99. The Morgan fingerprint density at radius 1 is 1.26 bits per heavy atom. The third-order valence-corrected chi connectivity index (χ3v) is 4.13. The van der Waals surface area contributed by atoms with Gasteiger partial charge in [-0.1, -0.05) is 20.8 Å². The fraction of sp³-hybridized carbons (Fsp3) is 1.00. The number of hydrogen-bond acceptors (Lipinski definition) is 3. The number of rotatable bonds is 8. The van der Waals surface area contributed by atoms with Gasteiger partial charge in [0.05, 0.1) is 6.61 Å². The molecule has 19 heavy (non-hydrogen) atoms. The van der Waals surface area contributed by atoms with Crippen LogP contribution in [0.4, 0.5) is 0 Å². The zero-order chi connectivity index (χ0) is 14.3. The average molecular weight is 270 g/mol. The SMILES string of the molecule is CCN(CC1(CNCC(C)C)CCCOC1)C(C)C. The second kappa shape index (κ2) is 8.23. The van der Waals surface area contributed by atoms with Crippen molar-refractivity contribution in [2.45, 2.75) is 53.5 Å². The number of ether oxygens (including phenoxy) is 1. The fourth-order valence-corrected chi connectivity index (χ4v) is 2.95. The molecule has 1 unspecified atom stereocenters. The van der Waals surface area contributed by atoms with Crippen molar-refractivity contribution < 1.29 is 4.74 Å². The Balaban J connectivity index is 2.58. The normalized spacial score (nSPS) is 24.6. The highest BCUT2D eigenvalue weighted by molar-refractivity contribution is 4.88. The predicted molar refractivity (Wildman–Crippen MR) is 82.6 cm³/mol. The minimum atomic E-state index is 0.313. The smallest absolute Gasteiger partial charge is 0.0546 e. The van der Waals surface area contributed by atoms with Crippen LogP contribution in [0.15, 0.2) is 0 Å². The Morgan fingerprint density at radius 3 is 2.47 bits per heavy atom. The molecule has 0 aliphatic carbocycles. The third kappa shape index (κ3) is 5.80. The van der Waals surface area contributed by atoms with E-state index >= 15 is 0 Å². The zero-order valence-electron chi connectivity index (χ0n) is 13.7. The quantitative estimate of drug-likeness (QED) is 0.734. The molecular weight excluding hydrogens is 236 g/mol. The molecule has 0 bridgehead atoms. The molecule has 0 aromatic heterocycles. The van der Waals surface area contributed by atoms with Crippen molar-refractivity contribution in [1.82, 2.24) is 10.2 Å². The first-order valence-corrected chi connectivity index (χ1v) is 8.01. The summed E-state index contributed by atoms with van der Waals surface area (Å²) < 4.78 is 5.80. The van der Waals surface area contributed by atoms with Crippen LogP contribution in [0.25, 0.3) is 0 Å². The van der Waals surface area contributed by atoms with Gasteiger partial charge in [0.25, 0.3) is 0 Å². The van der Waals surface area contributed by atoms with E-state index in [1.165, 1.54) is 12.8 Å². The van der Waals surface area contributed by atoms with Gasteiger partial charge in [-0.15, -0.1) is 0 Å². The van der Waals surface area contributed by atoms with Gasteiger partial charge in [-0.05, 0) is 45.7 Å². The maximum absolute atomic E-state index is 5.80. The van der Waals surface area contributed by atoms with Gasteiger partial charge in [0, 0.05) is 31.2 Å². The van der Waals surface area contributed by atoms with Crippen LogP contribution in [0.2, 0.25) is 0 Å².